The van der Waals surface area contributed by atoms with Crippen molar-refractivity contribution in [2.24, 2.45) is 0 Å². The quantitative estimate of drug-likeness (QED) is 0.151. The molecule has 0 radical (unpaired) electrons. The van der Waals surface area contributed by atoms with Gasteiger partial charge in [-0.3, -0.25) is 9.69 Å². The molecule has 0 aliphatic heterocycles. The summed E-state index contributed by atoms with van der Waals surface area (Å²) < 4.78 is 15.6. The number of nitrogens with two attached hydrogens (primary N) is 1. The maximum atomic E-state index is 12.2. The van der Waals surface area contributed by atoms with Crippen LogP contribution in [0.3, 0.4) is 0 Å². The number of carbonyl (C=O) groups excluding carboxylic acids is 2. The van der Waals surface area contributed by atoms with E-state index in [1.807, 2.05) is 39.0 Å². The van der Waals surface area contributed by atoms with Crippen LogP contribution in [0, 0.1) is 0 Å². The summed E-state index contributed by atoms with van der Waals surface area (Å²) in [5.41, 5.74) is 8.86. The molecule has 0 saturated heterocycles. The molecule has 0 saturated carbocycles. The molecule has 4 rings (SSSR count). The van der Waals surface area contributed by atoms with Gasteiger partial charge in [0.05, 0.1) is 19.7 Å². The fourth-order valence-corrected chi connectivity index (χ4v) is 4.50. The fraction of sp³-hybridized carbons (Fsp3) is 0.444. The zero-order valence-electron chi connectivity index (χ0n) is 23.2. The number of benzene rings is 1. The largest absolute Gasteiger partial charge is 0.493 e. The minimum atomic E-state index is -0.531. The number of aromatic amines is 1. The number of nitrogens with zero attached hydrogens (tertiary/aromatic N) is 5. The van der Waals surface area contributed by atoms with Crippen LogP contribution in [0.5, 0.6) is 5.75 Å². The van der Waals surface area contributed by atoms with Crippen molar-refractivity contribution >= 4 is 46.3 Å². The van der Waals surface area contributed by atoms with Crippen molar-refractivity contribution < 1.29 is 23.6 Å². The second kappa shape index (κ2) is 11.6. The number of anilines is 2. The summed E-state index contributed by atoms with van der Waals surface area (Å²) in [4.78, 5) is 37.4. The Morgan fingerprint density at radius 2 is 2.05 bits per heavy atom. The number of carbonyl (C=O) groups is 2. The predicted molar refractivity (Wildman–Crippen MR) is 148 cm³/mol. The van der Waals surface area contributed by atoms with Gasteiger partial charge >= 0.3 is 6.09 Å². The second-order valence-electron chi connectivity index (χ2n) is 10.1. The molecule has 4 N–H and O–H groups in total. The van der Waals surface area contributed by atoms with E-state index >= 15 is 0 Å². The SMILES string of the molecule is CCn1c(CN(C=O)c2nc3cc[nH]c3nc2N)[n+](CC)c2ccc(OCCCNC(=O)OC(C)(C)C)cc21. The van der Waals surface area contributed by atoms with Crippen LogP contribution >= 0.6 is 0 Å². The molecule has 0 aliphatic rings. The van der Waals surface area contributed by atoms with E-state index in [1.165, 1.54) is 4.90 Å². The summed E-state index contributed by atoms with van der Waals surface area (Å²) in [7, 11) is 0. The summed E-state index contributed by atoms with van der Waals surface area (Å²) in [5, 5.41) is 2.74. The van der Waals surface area contributed by atoms with Gasteiger partial charge in [0.1, 0.15) is 23.4 Å². The fourth-order valence-electron chi connectivity index (χ4n) is 4.50. The lowest BCUT2D eigenvalue weighted by Crippen LogP contribution is -2.40. The van der Waals surface area contributed by atoms with Gasteiger partial charge in [-0.05, 0) is 59.2 Å². The maximum absolute atomic E-state index is 12.2. The van der Waals surface area contributed by atoms with Gasteiger partial charge in [0.15, 0.2) is 28.3 Å². The summed E-state index contributed by atoms with van der Waals surface area (Å²) in [6.45, 7) is 12.2. The van der Waals surface area contributed by atoms with Gasteiger partial charge in [-0.25, -0.2) is 23.9 Å². The van der Waals surface area contributed by atoms with Crippen molar-refractivity contribution in [2.75, 3.05) is 23.8 Å². The van der Waals surface area contributed by atoms with Gasteiger partial charge in [0.25, 0.3) is 5.82 Å². The normalized spacial score (nSPS) is 11.6. The lowest BCUT2D eigenvalue weighted by molar-refractivity contribution is -0.676. The highest BCUT2D eigenvalue weighted by Gasteiger charge is 2.27. The summed E-state index contributed by atoms with van der Waals surface area (Å²) in [6, 6.07) is 7.74. The van der Waals surface area contributed by atoms with Crippen molar-refractivity contribution in [1.29, 1.82) is 0 Å². The number of rotatable bonds is 11. The molecule has 2 amide bonds. The van der Waals surface area contributed by atoms with Crippen LogP contribution in [0.1, 0.15) is 46.9 Å². The van der Waals surface area contributed by atoms with E-state index in [4.69, 9.17) is 15.2 Å². The minimum absolute atomic E-state index is 0.177. The van der Waals surface area contributed by atoms with Gasteiger partial charge in [0, 0.05) is 18.8 Å². The topological polar surface area (TPSA) is 144 Å². The molecule has 208 valence electrons. The van der Waals surface area contributed by atoms with Crippen LogP contribution < -0.4 is 25.3 Å². The molecule has 3 aromatic heterocycles. The monoisotopic (exact) mass is 537 g/mol. The molecular formula is C27H37N8O4+. The van der Waals surface area contributed by atoms with E-state index in [2.05, 4.69) is 43.3 Å². The first kappa shape index (κ1) is 27.7. The Hall–Kier alpha value is -4.35. The highest BCUT2D eigenvalue weighted by molar-refractivity contribution is 5.84. The van der Waals surface area contributed by atoms with Crippen LogP contribution in [0.4, 0.5) is 16.4 Å². The predicted octanol–water partition coefficient (Wildman–Crippen LogP) is 3.28. The van der Waals surface area contributed by atoms with Gasteiger partial charge in [-0.15, -0.1) is 0 Å². The van der Waals surface area contributed by atoms with Gasteiger partial charge < -0.3 is 25.5 Å². The number of amides is 2. The summed E-state index contributed by atoms with van der Waals surface area (Å²) >= 11 is 0. The number of imidazole rings is 1. The number of hydrogen-bond acceptors (Lipinski definition) is 7. The maximum Gasteiger partial charge on any atom is 0.407 e. The third-order valence-corrected chi connectivity index (χ3v) is 6.14. The second-order valence-corrected chi connectivity index (χ2v) is 10.1. The number of ether oxygens (including phenoxy) is 2. The average Bonchev–Trinajstić information content (AvgIpc) is 3.45. The standard InChI is InChI=1S/C27H36N8O4/c1-6-34-20-10-9-18(38-14-8-12-30-26(37)39-27(3,4)5)15-21(20)35(7-2)22(34)16-33(17-36)25-23(28)32-24-19(31-25)11-13-29-24/h9-11,13,15,17H,6-8,12,14,16H2,1-5H3,(H3-,28,29,30,31,32,37)/p+1. The highest BCUT2D eigenvalue weighted by Crippen LogP contribution is 2.25. The number of nitrogen functional groups attached to an aromatic ring is 1. The zero-order valence-corrected chi connectivity index (χ0v) is 23.2. The highest BCUT2D eigenvalue weighted by atomic mass is 16.6. The first-order valence-electron chi connectivity index (χ1n) is 13.1. The first-order valence-corrected chi connectivity index (χ1v) is 13.1. The smallest absolute Gasteiger partial charge is 0.407 e. The first-order chi connectivity index (χ1) is 18.6. The van der Waals surface area contributed by atoms with E-state index in [-0.39, 0.29) is 12.4 Å². The van der Waals surface area contributed by atoms with Crippen LogP contribution in [0.15, 0.2) is 30.5 Å². The molecule has 4 aromatic rings. The number of aryl methyl sites for hydroxylation is 2. The van der Waals surface area contributed by atoms with Crippen molar-refractivity contribution in [2.45, 2.75) is 66.3 Å². The van der Waals surface area contributed by atoms with Crippen molar-refractivity contribution in [3.8, 4) is 5.75 Å². The van der Waals surface area contributed by atoms with Gasteiger partial charge in [-0.2, -0.15) is 0 Å². The number of fused-ring (bicyclic) bond motifs is 2. The Kier molecular flexibility index (Phi) is 8.22. The van der Waals surface area contributed by atoms with E-state index in [9.17, 15) is 9.59 Å². The molecular weight excluding hydrogens is 500 g/mol. The van der Waals surface area contributed by atoms with Gasteiger partial charge in [-0.1, -0.05) is 0 Å². The lowest BCUT2D eigenvalue weighted by atomic mass is 10.2. The van der Waals surface area contributed by atoms with E-state index in [0.717, 1.165) is 29.0 Å². The molecule has 0 unspecified atom stereocenters. The molecule has 0 fully saturated rings. The van der Waals surface area contributed by atoms with Crippen molar-refractivity contribution in [3.05, 3.63) is 36.3 Å². The molecule has 0 atom stereocenters. The van der Waals surface area contributed by atoms with Crippen LogP contribution in [0.2, 0.25) is 0 Å². The molecule has 3 heterocycles. The Morgan fingerprint density at radius 1 is 1.26 bits per heavy atom. The third kappa shape index (κ3) is 6.21. The van der Waals surface area contributed by atoms with Crippen LogP contribution in [-0.4, -0.2) is 50.8 Å². The Morgan fingerprint density at radius 3 is 2.74 bits per heavy atom. The molecule has 12 heteroatoms. The molecule has 0 spiro atoms. The molecule has 0 bridgehead atoms. The van der Waals surface area contributed by atoms with Crippen LogP contribution in [-0.2, 0) is 29.2 Å². The minimum Gasteiger partial charge on any atom is -0.493 e. The molecule has 12 nitrogen and oxygen atoms in total. The Balaban J connectivity index is 1.52. The molecule has 0 aliphatic carbocycles. The molecule has 1 aromatic carbocycles. The number of hydrogen-bond donors (Lipinski definition) is 3. The summed E-state index contributed by atoms with van der Waals surface area (Å²) in [5.74, 6) is 2.14. The van der Waals surface area contributed by atoms with E-state index in [0.29, 0.717) is 49.6 Å². The Labute approximate surface area is 227 Å². The Bertz CT molecular complexity index is 1470. The van der Waals surface area contributed by atoms with Crippen molar-refractivity contribution in [3.63, 3.8) is 0 Å². The average molecular weight is 538 g/mol. The number of nitrogens with one attached hydrogen (secondary N) is 2. The number of H-pyrrole nitrogens is 1. The van der Waals surface area contributed by atoms with Crippen LogP contribution in [0.25, 0.3) is 22.2 Å². The van der Waals surface area contributed by atoms with Crippen molar-refractivity contribution in [1.82, 2.24) is 24.8 Å². The van der Waals surface area contributed by atoms with E-state index < -0.39 is 11.7 Å². The van der Waals surface area contributed by atoms with E-state index in [1.54, 1.807) is 12.3 Å². The van der Waals surface area contributed by atoms with Gasteiger partial charge in [0.2, 0.25) is 6.41 Å². The zero-order chi connectivity index (χ0) is 28.2. The summed E-state index contributed by atoms with van der Waals surface area (Å²) in [6.07, 6.45) is 2.66. The molecule has 39 heavy (non-hydrogen) atoms. The number of alkyl carbamates (subject to hydrolysis) is 1. The third-order valence-electron chi connectivity index (χ3n) is 6.14. The lowest BCUT2D eigenvalue weighted by Gasteiger charge is -2.19. The number of aromatic nitrogens is 5.